The number of hydrogen-bond acceptors (Lipinski definition) is 6. The summed E-state index contributed by atoms with van der Waals surface area (Å²) in [5.74, 6) is -1.88. The van der Waals surface area contributed by atoms with Crippen LogP contribution in [-0.4, -0.2) is 47.7 Å². The maximum absolute atomic E-state index is 13.0. The molecule has 0 aromatic heterocycles. The molecule has 3 aliphatic rings. The number of anilines is 1. The fourth-order valence-corrected chi connectivity index (χ4v) is 4.10. The summed E-state index contributed by atoms with van der Waals surface area (Å²) in [5, 5.41) is 5.63. The fraction of sp³-hybridized carbons (Fsp3) is 0.500. The monoisotopic (exact) mass is 386 g/mol. The van der Waals surface area contributed by atoms with Gasteiger partial charge in [-0.3, -0.25) is 29.4 Å². The molecule has 8 nitrogen and oxygen atoms in total. The average Bonchev–Trinajstić information content (AvgIpc) is 2.96. The van der Waals surface area contributed by atoms with Gasteiger partial charge in [-0.2, -0.15) is 0 Å². The Morgan fingerprint density at radius 3 is 2.39 bits per heavy atom. The summed E-state index contributed by atoms with van der Waals surface area (Å²) in [6.45, 7) is 0. The second-order valence-corrected chi connectivity index (χ2v) is 7.15. The van der Waals surface area contributed by atoms with Gasteiger partial charge in [0.05, 0.1) is 11.1 Å². The van der Waals surface area contributed by atoms with E-state index in [1.807, 2.05) is 6.07 Å². The van der Waals surface area contributed by atoms with Gasteiger partial charge in [-0.15, -0.1) is 0 Å². The number of nitrogens with one attached hydrogen (secondary N) is 2. The van der Waals surface area contributed by atoms with Crippen molar-refractivity contribution >= 4 is 29.3 Å². The minimum absolute atomic E-state index is 0.122. The van der Waals surface area contributed by atoms with Gasteiger partial charge in [-0.1, -0.05) is 25.3 Å². The van der Waals surface area contributed by atoms with Gasteiger partial charge in [0.25, 0.3) is 11.8 Å². The van der Waals surface area contributed by atoms with E-state index in [1.165, 1.54) is 13.5 Å². The van der Waals surface area contributed by atoms with Gasteiger partial charge in [-0.25, -0.2) is 0 Å². The lowest BCUT2D eigenvalue weighted by atomic mass is 9.95. The van der Waals surface area contributed by atoms with Gasteiger partial charge < -0.3 is 11.1 Å². The van der Waals surface area contributed by atoms with Crippen LogP contribution in [0.4, 0.5) is 5.69 Å². The molecule has 1 atom stereocenters. The molecule has 2 fully saturated rings. The number of amides is 4. The number of hydrogen-bond donors (Lipinski definition) is 3. The van der Waals surface area contributed by atoms with Crippen LogP contribution in [0.3, 0.4) is 0 Å². The SMILES string of the molecule is CN.O=C1CCC(N2C(=O)c3cccc(NC4CCCCC4)c3C2=O)C(=O)N1. The second kappa shape index (κ2) is 8.52. The third kappa shape index (κ3) is 3.64. The zero-order valence-electron chi connectivity index (χ0n) is 16.0. The number of carbonyl (C=O) groups is 4. The first-order valence-corrected chi connectivity index (χ1v) is 9.75. The molecule has 1 saturated carbocycles. The van der Waals surface area contributed by atoms with Gasteiger partial charge in [-0.05, 0) is 38.4 Å². The molecule has 1 unspecified atom stereocenters. The van der Waals surface area contributed by atoms with Gasteiger partial charge >= 0.3 is 0 Å². The van der Waals surface area contributed by atoms with Gasteiger partial charge in [0.2, 0.25) is 11.8 Å². The first kappa shape index (κ1) is 20.0. The Morgan fingerprint density at radius 1 is 1.00 bits per heavy atom. The lowest BCUT2D eigenvalue weighted by molar-refractivity contribution is -0.136. The van der Waals surface area contributed by atoms with Crippen LogP contribution in [-0.2, 0) is 9.59 Å². The van der Waals surface area contributed by atoms with Crippen molar-refractivity contribution in [2.45, 2.75) is 57.0 Å². The Balaban J connectivity index is 0.00000109. The highest BCUT2D eigenvalue weighted by Crippen LogP contribution is 2.33. The number of carbonyl (C=O) groups excluding carboxylic acids is 4. The highest BCUT2D eigenvalue weighted by Gasteiger charge is 2.45. The number of benzene rings is 1. The van der Waals surface area contributed by atoms with E-state index in [1.54, 1.807) is 12.1 Å². The minimum Gasteiger partial charge on any atom is -0.382 e. The Labute approximate surface area is 163 Å². The van der Waals surface area contributed by atoms with E-state index in [2.05, 4.69) is 16.4 Å². The molecule has 8 heteroatoms. The normalized spacial score (nSPS) is 22.4. The van der Waals surface area contributed by atoms with Crippen LogP contribution in [0.5, 0.6) is 0 Å². The third-order valence-electron chi connectivity index (χ3n) is 5.43. The predicted molar refractivity (Wildman–Crippen MR) is 104 cm³/mol. The molecule has 28 heavy (non-hydrogen) atoms. The molecule has 4 amide bonds. The topological polar surface area (TPSA) is 122 Å². The van der Waals surface area contributed by atoms with Crippen molar-refractivity contribution < 1.29 is 19.2 Å². The Morgan fingerprint density at radius 2 is 1.71 bits per heavy atom. The molecule has 2 heterocycles. The second-order valence-electron chi connectivity index (χ2n) is 7.15. The molecule has 1 aliphatic carbocycles. The van der Waals surface area contributed by atoms with Crippen LogP contribution in [0.25, 0.3) is 0 Å². The van der Waals surface area contributed by atoms with Crippen molar-refractivity contribution in [1.29, 1.82) is 0 Å². The predicted octanol–water partition coefficient (Wildman–Crippen LogP) is 1.41. The lowest BCUT2D eigenvalue weighted by Crippen LogP contribution is -2.54. The Hall–Kier alpha value is -2.74. The first-order chi connectivity index (χ1) is 13.6. The molecular formula is C20H26N4O4. The van der Waals surface area contributed by atoms with E-state index in [0.29, 0.717) is 22.9 Å². The van der Waals surface area contributed by atoms with Crippen LogP contribution in [0, 0.1) is 0 Å². The number of nitrogens with two attached hydrogens (primary N) is 1. The molecule has 0 spiro atoms. The Bertz CT molecular complexity index is 801. The van der Waals surface area contributed by atoms with Crippen LogP contribution in [0.2, 0.25) is 0 Å². The van der Waals surface area contributed by atoms with E-state index in [4.69, 9.17) is 0 Å². The zero-order valence-corrected chi connectivity index (χ0v) is 16.0. The highest BCUT2D eigenvalue weighted by atomic mass is 16.2. The van der Waals surface area contributed by atoms with Crippen molar-refractivity contribution in [3.8, 4) is 0 Å². The molecular weight excluding hydrogens is 360 g/mol. The summed E-state index contributed by atoms with van der Waals surface area (Å²) in [4.78, 5) is 50.3. The van der Waals surface area contributed by atoms with E-state index in [0.717, 1.165) is 30.6 Å². The van der Waals surface area contributed by atoms with E-state index < -0.39 is 23.8 Å². The van der Waals surface area contributed by atoms with Gasteiger partial charge in [0.1, 0.15) is 6.04 Å². The first-order valence-electron chi connectivity index (χ1n) is 9.75. The summed E-state index contributed by atoms with van der Waals surface area (Å²) in [5.41, 5.74) is 5.82. The molecule has 4 rings (SSSR count). The quantitative estimate of drug-likeness (QED) is 0.675. The van der Waals surface area contributed by atoms with Crippen molar-refractivity contribution in [1.82, 2.24) is 10.2 Å². The standard InChI is InChI=1S/C19H21N3O4.CH5N/c23-15-10-9-14(17(24)21-15)22-18(25)12-7-4-8-13(16(12)19(22)26)20-11-5-2-1-3-6-11;1-2/h4,7-8,11,14,20H,1-3,5-6,9-10H2,(H,21,23,24);2H2,1H3. The van der Waals surface area contributed by atoms with E-state index in [9.17, 15) is 19.2 Å². The lowest BCUT2D eigenvalue weighted by Gasteiger charge is -2.28. The third-order valence-corrected chi connectivity index (χ3v) is 5.43. The summed E-state index contributed by atoms with van der Waals surface area (Å²) >= 11 is 0. The number of rotatable bonds is 3. The molecule has 2 aliphatic heterocycles. The zero-order chi connectivity index (χ0) is 20.3. The smallest absolute Gasteiger partial charge is 0.264 e. The van der Waals surface area contributed by atoms with E-state index >= 15 is 0 Å². The largest absolute Gasteiger partial charge is 0.382 e. The van der Waals surface area contributed by atoms with Crippen LogP contribution < -0.4 is 16.4 Å². The van der Waals surface area contributed by atoms with Crippen LogP contribution in [0.15, 0.2) is 18.2 Å². The summed E-state index contributed by atoms with van der Waals surface area (Å²) in [7, 11) is 1.50. The molecule has 4 N–H and O–H groups in total. The maximum atomic E-state index is 13.0. The maximum Gasteiger partial charge on any atom is 0.264 e. The minimum atomic E-state index is -0.928. The summed E-state index contributed by atoms with van der Waals surface area (Å²) < 4.78 is 0. The molecule has 0 bridgehead atoms. The number of fused-ring (bicyclic) bond motifs is 1. The van der Waals surface area contributed by atoms with Gasteiger partial charge in [0, 0.05) is 18.2 Å². The van der Waals surface area contributed by atoms with Crippen molar-refractivity contribution in [3.63, 3.8) is 0 Å². The molecule has 1 aromatic carbocycles. The van der Waals surface area contributed by atoms with Crippen molar-refractivity contribution in [2.75, 3.05) is 12.4 Å². The molecule has 0 radical (unpaired) electrons. The molecule has 1 aromatic rings. The highest BCUT2D eigenvalue weighted by molar-refractivity contribution is 6.25. The Kier molecular flexibility index (Phi) is 6.08. The van der Waals surface area contributed by atoms with Crippen molar-refractivity contribution in [2.24, 2.45) is 5.73 Å². The summed E-state index contributed by atoms with van der Waals surface area (Å²) in [6, 6.07) is 4.55. The number of nitrogens with zero attached hydrogens (tertiary/aromatic N) is 1. The van der Waals surface area contributed by atoms with Crippen LogP contribution >= 0.6 is 0 Å². The average molecular weight is 386 g/mol. The number of piperidine rings is 1. The van der Waals surface area contributed by atoms with E-state index in [-0.39, 0.29) is 18.7 Å². The van der Waals surface area contributed by atoms with Crippen molar-refractivity contribution in [3.05, 3.63) is 29.3 Å². The number of imide groups is 2. The fourth-order valence-electron chi connectivity index (χ4n) is 4.10. The molecule has 1 saturated heterocycles. The molecule has 150 valence electrons. The van der Waals surface area contributed by atoms with Gasteiger partial charge in [0.15, 0.2) is 0 Å². The van der Waals surface area contributed by atoms with Crippen LogP contribution in [0.1, 0.15) is 65.7 Å². The summed E-state index contributed by atoms with van der Waals surface area (Å²) in [6.07, 6.45) is 5.92.